The molecule has 1 aromatic carbocycles. The molecule has 3 nitrogen and oxygen atoms in total. The third-order valence-electron chi connectivity index (χ3n) is 4.22. The van der Waals surface area contributed by atoms with E-state index in [0.717, 1.165) is 30.3 Å². The molecule has 0 N–H and O–H groups in total. The molecule has 0 radical (unpaired) electrons. The van der Waals surface area contributed by atoms with Crippen molar-refractivity contribution >= 4 is 11.6 Å². The van der Waals surface area contributed by atoms with Gasteiger partial charge < -0.3 is 14.5 Å². The highest BCUT2D eigenvalue weighted by Crippen LogP contribution is 2.33. The maximum Gasteiger partial charge on any atom is 0.124 e. The standard InChI is InChI=1S/C18H29ClN2O/c1-18(2,3)16-7-6-15(19)14-17(16)22-13-5-8-21-11-9-20(4)10-12-21/h6-7,14H,5,8-13H2,1-4H3. The normalized spacial score (nSPS) is 17.7. The van der Waals surface area contributed by atoms with E-state index in [2.05, 4.69) is 43.7 Å². The molecule has 1 aliphatic rings. The van der Waals surface area contributed by atoms with E-state index in [9.17, 15) is 0 Å². The Kier molecular flexibility index (Phi) is 6.13. The molecule has 124 valence electrons. The molecule has 1 heterocycles. The molecule has 1 aliphatic heterocycles. The fourth-order valence-electron chi connectivity index (χ4n) is 2.78. The van der Waals surface area contributed by atoms with Crippen molar-refractivity contribution in [2.24, 2.45) is 0 Å². The molecule has 0 saturated carbocycles. The molecule has 1 aromatic rings. The summed E-state index contributed by atoms with van der Waals surface area (Å²) in [6.45, 7) is 13.1. The number of benzene rings is 1. The predicted molar refractivity (Wildman–Crippen MR) is 94.2 cm³/mol. The van der Waals surface area contributed by atoms with Gasteiger partial charge in [0.25, 0.3) is 0 Å². The van der Waals surface area contributed by atoms with Gasteiger partial charge in [-0.2, -0.15) is 0 Å². The molecule has 0 aliphatic carbocycles. The molecule has 0 aromatic heterocycles. The summed E-state index contributed by atoms with van der Waals surface area (Å²) in [4.78, 5) is 4.90. The van der Waals surface area contributed by atoms with Crippen LogP contribution in [-0.4, -0.2) is 56.2 Å². The largest absolute Gasteiger partial charge is 0.493 e. The second-order valence-electron chi connectivity index (χ2n) is 7.24. The Bertz CT molecular complexity index is 476. The number of ether oxygens (including phenoxy) is 1. The first kappa shape index (κ1) is 17.6. The maximum absolute atomic E-state index is 6.12. The van der Waals surface area contributed by atoms with E-state index in [4.69, 9.17) is 16.3 Å². The van der Waals surface area contributed by atoms with Gasteiger partial charge in [-0.15, -0.1) is 0 Å². The molecule has 0 atom stereocenters. The van der Waals surface area contributed by atoms with Crippen molar-refractivity contribution in [1.82, 2.24) is 9.80 Å². The molecule has 4 heteroatoms. The predicted octanol–water partition coefficient (Wildman–Crippen LogP) is 3.65. The molecule has 0 unspecified atom stereocenters. The summed E-state index contributed by atoms with van der Waals surface area (Å²) >= 11 is 6.12. The highest BCUT2D eigenvalue weighted by Gasteiger charge is 2.19. The summed E-state index contributed by atoms with van der Waals surface area (Å²) in [5.41, 5.74) is 1.29. The van der Waals surface area contributed by atoms with E-state index in [1.807, 2.05) is 12.1 Å². The lowest BCUT2D eigenvalue weighted by Gasteiger charge is -2.32. The number of hydrogen-bond donors (Lipinski definition) is 0. The van der Waals surface area contributed by atoms with Crippen LogP contribution < -0.4 is 4.74 Å². The third kappa shape index (κ3) is 5.15. The number of halogens is 1. The summed E-state index contributed by atoms with van der Waals surface area (Å²) < 4.78 is 6.04. The quantitative estimate of drug-likeness (QED) is 0.769. The second-order valence-corrected chi connectivity index (χ2v) is 7.67. The first-order valence-electron chi connectivity index (χ1n) is 8.20. The average Bonchev–Trinajstić information content (AvgIpc) is 2.44. The highest BCUT2D eigenvalue weighted by atomic mass is 35.5. The lowest BCUT2D eigenvalue weighted by molar-refractivity contribution is 0.145. The van der Waals surface area contributed by atoms with Gasteiger partial charge in [0.2, 0.25) is 0 Å². The van der Waals surface area contributed by atoms with Gasteiger partial charge in [-0.1, -0.05) is 38.4 Å². The van der Waals surface area contributed by atoms with Crippen LogP contribution in [0.15, 0.2) is 18.2 Å². The van der Waals surface area contributed by atoms with E-state index in [1.54, 1.807) is 0 Å². The highest BCUT2D eigenvalue weighted by molar-refractivity contribution is 6.30. The Morgan fingerprint density at radius 2 is 1.82 bits per heavy atom. The lowest BCUT2D eigenvalue weighted by Crippen LogP contribution is -2.44. The molecular formula is C18H29ClN2O. The summed E-state index contributed by atoms with van der Waals surface area (Å²) in [6, 6.07) is 5.97. The average molecular weight is 325 g/mol. The molecule has 0 amide bonds. The van der Waals surface area contributed by atoms with Gasteiger partial charge in [0.1, 0.15) is 5.75 Å². The van der Waals surface area contributed by atoms with Crippen LogP contribution in [0.2, 0.25) is 5.02 Å². The fourth-order valence-corrected chi connectivity index (χ4v) is 2.94. The van der Waals surface area contributed by atoms with Crippen molar-refractivity contribution in [3.05, 3.63) is 28.8 Å². The van der Waals surface area contributed by atoms with Gasteiger partial charge in [-0.05, 0) is 36.6 Å². The number of piperazine rings is 1. The van der Waals surface area contributed by atoms with Gasteiger partial charge in [-0.25, -0.2) is 0 Å². The van der Waals surface area contributed by atoms with Crippen LogP contribution in [0.5, 0.6) is 5.75 Å². The molecule has 2 rings (SSSR count). The maximum atomic E-state index is 6.12. The van der Waals surface area contributed by atoms with Crippen LogP contribution in [-0.2, 0) is 5.41 Å². The molecular weight excluding hydrogens is 296 g/mol. The van der Waals surface area contributed by atoms with Gasteiger partial charge >= 0.3 is 0 Å². The topological polar surface area (TPSA) is 15.7 Å². The zero-order valence-electron chi connectivity index (χ0n) is 14.4. The first-order valence-corrected chi connectivity index (χ1v) is 8.58. The summed E-state index contributed by atoms with van der Waals surface area (Å²) in [6.07, 6.45) is 1.06. The van der Waals surface area contributed by atoms with Crippen molar-refractivity contribution in [2.75, 3.05) is 46.4 Å². The van der Waals surface area contributed by atoms with E-state index in [1.165, 1.54) is 31.7 Å². The Labute approximate surface area is 140 Å². The SMILES string of the molecule is CN1CCN(CCCOc2cc(Cl)ccc2C(C)(C)C)CC1. The summed E-state index contributed by atoms with van der Waals surface area (Å²) in [5, 5.41) is 0.738. The Morgan fingerprint density at radius 3 is 2.45 bits per heavy atom. The summed E-state index contributed by atoms with van der Waals surface area (Å²) in [5.74, 6) is 0.929. The minimum absolute atomic E-state index is 0.0668. The Morgan fingerprint density at radius 1 is 1.14 bits per heavy atom. The number of nitrogens with zero attached hydrogens (tertiary/aromatic N) is 2. The minimum Gasteiger partial charge on any atom is -0.493 e. The van der Waals surface area contributed by atoms with Crippen molar-refractivity contribution in [2.45, 2.75) is 32.6 Å². The lowest BCUT2D eigenvalue weighted by atomic mass is 9.86. The van der Waals surface area contributed by atoms with Crippen LogP contribution >= 0.6 is 11.6 Å². The molecule has 1 fully saturated rings. The van der Waals surface area contributed by atoms with Crippen molar-refractivity contribution < 1.29 is 4.74 Å². The van der Waals surface area contributed by atoms with Gasteiger partial charge in [-0.3, -0.25) is 0 Å². The monoisotopic (exact) mass is 324 g/mol. The van der Waals surface area contributed by atoms with Crippen LogP contribution in [0.4, 0.5) is 0 Å². The third-order valence-corrected chi connectivity index (χ3v) is 4.46. The number of hydrogen-bond acceptors (Lipinski definition) is 3. The molecule has 0 bridgehead atoms. The van der Waals surface area contributed by atoms with E-state index in [-0.39, 0.29) is 5.41 Å². The van der Waals surface area contributed by atoms with Crippen molar-refractivity contribution in [3.63, 3.8) is 0 Å². The van der Waals surface area contributed by atoms with Crippen LogP contribution in [0.25, 0.3) is 0 Å². The fraction of sp³-hybridized carbons (Fsp3) is 0.667. The number of likely N-dealkylation sites (N-methyl/N-ethyl adjacent to an activating group) is 1. The zero-order valence-corrected chi connectivity index (χ0v) is 15.1. The van der Waals surface area contributed by atoms with Gasteiger partial charge in [0.15, 0.2) is 0 Å². The van der Waals surface area contributed by atoms with E-state index >= 15 is 0 Å². The van der Waals surface area contributed by atoms with Gasteiger partial charge in [0.05, 0.1) is 6.61 Å². The second kappa shape index (κ2) is 7.67. The van der Waals surface area contributed by atoms with Crippen LogP contribution in [0.1, 0.15) is 32.8 Å². The number of rotatable bonds is 5. The van der Waals surface area contributed by atoms with Crippen LogP contribution in [0.3, 0.4) is 0 Å². The van der Waals surface area contributed by atoms with Crippen molar-refractivity contribution in [3.8, 4) is 5.75 Å². The van der Waals surface area contributed by atoms with E-state index in [0.29, 0.717) is 0 Å². The molecule has 1 saturated heterocycles. The molecule has 22 heavy (non-hydrogen) atoms. The zero-order chi connectivity index (χ0) is 16.2. The van der Waals surface area contributed by atoms with Gasteiger partial charge in [0, 0.05) is 37.7 Å². The van der Waals surface area contributed by atoms with Crippen LogP contribution in [0, 0.1) is 0 Å². The van der Waals surface area contributed by atoms with E-state index < -0.39 is 0 Å². The molecule has 0 spiro atoms. The smallest absolute Gasteiger partial charge is 0.124 e. The first-order chi connectivity index (χ1) is 10.4. The Hall–Kier alpha value is -0.770. The Balaban J connectivity index is 1.83. The summed E-state index contributed by atoms with van der Waals surface area (Å²) in [7, 11) is 2.19. The van der Waals surface area contributed by atoms with Crippen molar-refractivity contribution in [1.29, 1.82) is 0 Å². The minimum atomic E-state index is 0.0668.